The molecule has 0 atom stereocenters. The van der Waals surface area contributed by atoms with Crippen LogP contribution in [0.15, 0.2) is 23.1 Å². The van der Waals surface area contributed by atoms with Gasteiger partial charge in [0.15, 0.2) is 0 Å². The minimum Gasteiger partial charge on any atom is -0.284 e. The molecule has 1 N–H and O–H groups in total. The number of aromatic nitrogens is 2. The summed E-state index contributed by atoms with van der Waals surface area (Å²) in [6.07, 6.45) is -5.14. The zero-order valence-corrected chi connectivity index (χ0v) is 14.8. The molecule has 0 unspecified atom stereocenters. The monoisotopic (exact) mass is 395 g/mol. The lowest BCUT2D eigenvalue weighted by Crippen LogP contribution is -2.25. The molecule has 0 aliphatic heterocycles. The summed E-state index contributed by atoms with van der Waals surface area (Å²) in [6.45, 7) is 2.87. The fourth-order valence-electron chi connectivity index (χ4n) is 2.20. The highest BCUT2D eigenvalue weighted by Crippen LogP contribution is 2.31. The molecule has 0 spiro atoms. The summed E-state index contributed by atoms with van der Waals surface area (Å²) >= 11 is 5.90. The molecule has 0 fully saturated rings. The van der Waals surface area contributed by atoms with Gasteiger partial charge >= 0.3 is 6.18 Å². The van der Waals surface area contributed by atoms with Gasteiger partial charge in [-0.2, -0.15) is 18.3 Å². The minimum atomic E-state index is -5.14. The molecule has 0 radical (unpaired) electrons. The second kappa shape index (κ2) is 6.34. The molecular formula is C14H13ClF3N3O3S. The van der Waals surface area contributed by atoms with Crippen LogP contribution in [-0.2, 0) is 17.1 Å². The number of Topliss-reactive ketones (excluding diaryl/α,β-unsaturated/α-hetero) is 1. The number of sulfonamides is 1. The van der Waals surface area contributed by atoms with Gasteiger partial charge in [-0.05, 0) is 26.0 Å². The summed E-state index contributed by atoms with van der Waals surface area (Å²) < 4.78 is 66.5. The number of ketones is 1. The molecule has 1 aromatic carbocycles. The van der Waals surface area contributed by atoms with Crippen LogP contribution in [-0.4, -0.2) is 30.2 Å². The zero-order valence-electron chi connectivity index (χ0n) is 13.3. The first-order valence-corrected chi connectivity index (χ1v) is 8.65. The molecule has 1 heterocycles. The topological polar surface area (TPSA) is 81.1 Å². The Kier molecular flexibility index (Phi) is 4.88. The van der Waals surface area contributed by atoms with Gasteiger partial charge in [-0.15, -0.1) is 0 Å². The van der Waals surface area contributed by atoms with Gasteiger partial charge in [0, 0.05) is 7.05 Å². The SMILES string of the molecule is Cc1ccc(NS(=O)(=O)c2c(C)nn(C)c2Cl)c(C(=O)C(F)(F)F)c1. The molecule has 25 heavy (non-hydrogen) atoms. The van der Waals surface area contributed by atoms with Crippen molar-refractivity contribution in [2.24, 2.45) is 7.05 Å². The highest BCUT2D eigenvalue weighted by Gasteiger charge is 2.41. The summed E-state index contributed by atoms with van der Waals surface area (Å²) in [7, 11) is -2.94. The number of rotatable bonds is 4. The Balaban J connectivity index is 2.55. The van der Waals surface area contributed by atoms with E-state index in [-0.39, 0.29) is 15.7 Å². The van der Waals surface area contributed by atoms with E-state index in [2.05, 4.69) is 5.10 Å². The van der Waals surface area contributed by atoms with Crippen LogP contribution in [0.25, 0.3) is 0 Å². The Labute approximate surface area is 146 Å². The van der Waals surface area contributed by atoms with Crippen LogP contribution in [0.2, 0.25) is 5.15 Å². The van der Waals surface area contributed by atoms with E-state index in [1.54, 1.807) is 0 Å². The van der Waals surface area contributed by atoms with Crippen molar-refractivity contribution in [3.05, 3.63) is 40.2 Å². The Bertz CT molecular complexity index is 952. The van der Waals surface area contributed by atoms with Gasteiger partial charge in [-0.1, -0.05) is 23.2 Å². The zero-order chi connectivity index (χ0) is 19.2. The number of carbonyl (C=O) groups excluding carboxylic acids is 1. The third-order valence-electron chi connectivity index (χ3n) is 3.29. The second-order valence-corrected chi connectivity index (χ2v) is 7.29. The van der Waals surface area contributed by atoms with Gasteiger partial charge in [0.05, 0.1) is 16.9 Å². The largest absolute Gasteiger partial charge is 0.454 e. The Morgan fingerprint density at radius 1 is 1.28 bits per heavy atom. The van der Waals surface area contributed by atoms with Gasteiger partial charge in [-0.25, -0.2) is 8.42 Å². The number of benzene rings is 1. The first kappa shape index (κ1) is 19.3. The van der Waals surface area contributed by atoms with Crippen LogP contribution in [0.1, 0.15) is 21.6 Å². The maximum absolute atomic E-state index is 12.8. The van der Waals surface area contributed by atoms with Crippen molar-refractivity contribution in [3.63, 3.8) is 0 Å². The number of anilines is 1. The summed E-state index contributed by atoms with van der Waals surface area (Å²) in [5.41, 5.74) is -0.858. The number of carbonyl (C=O) groups is 1. The number of hydrogen-bond acceptors (Lipinski definition) is 4. The molecule has 0 amide bonds. The van der Waals surface area contributed by atoms with E-state index in [0.29, 0.717) is 5.56 Å². The van der Waals surface area contributed by atoms with Crippen molar-refractivity contribution in [1.29, 1.82) is 0 Å². The Morgan fingerprint density at radius 2 is 1.88 bits per heavy atom. The predicted molar refractivity (Wildman–Crippen MR) is 85.3 cm³/mol. The lowest BCUT2D eigenvalue weighted by Gasteiger charge is -2.14. The molecule has 136 valence electrons. The summed E-state index contributed by atoms with van der Waals surface area (Å²) in [5, 5.41) is 3.64. The number of alkyl halides is 3. The molecule has 1 aromatic heterocycles. The van der Waals surface area contributed by atoms with E-state index < -0.39 is 33.2 Å². The van der Waals surface area contributed by atoms with Crippen LogP contribution in [0, 0.1) is 13.8 Å². The number of nitrogens with one attached hydrogen (secondary N) is 1. The molecule has 0 aliphatic carbocycles. The van der Waals surface area contributed by atoms with E-state index in [1.807, 2.05) is 4.72 Å². The fraction of sp³-hybridized carbons (Fsp3) is 0.286. The first-order chi connectivity index (χ1) is 11.3. The molecule has 0 saturated heterocycles. The van der Waals surface area contributed by atoms with Crippen molar-refractivity contribution >= 4 is 33.1 Å². The van der Waals surface area contributed by atoms with Crippen LogP contribution in [0.4, 0.5) is 18.9 Å². The summed E-state index contributed by atoms with van der Waals surface area (Å²) in [4.78, 5) is 11.2. The van der Waals surface area contributed by atoms with Crippen molar-refractivity contribution < 1.29 is 26.4 Å². The third kappa shape index (κ3) is 3.79. The minimum absolute atomic E-state index is 0.0656. The lowest BCUT2D eigenvalue weighted by molar-refractivity contribution is -0.0884. The van der Waals surface area contributed by atoms with Gasteiger partial charge < -0.3 is 0 Å². The molecule has 11 heteroatoms. The lowest BCUT2D eigenvalue weighted by atomic mass is 10.1. The number of halogens is 4. The van der Waals surface area contributed by atoms with E-state index in [9.17, 15) is 26.4 Å². The van der Waals surface area contributed by atoms with E-state index in [1.165, 1.54) is 27.0 Å². The summed E-state index contributed by atoms with van der Waals surface area (Å²) in [6, 6.07) is 3.43. The number of hydrogen-bond donors (Lipinski definition) is 1. The van der Waals surface area contributed by atoms with Crippen molar-refractivity contribution in [3.8, 4) is 0 Å². The van der Waals surface area contributed by atoms with E-state index >= 15 is 0 Å². The van der Waals surface area contributed by atoms with Crippen LogP contribution >= 0.6 is 11.6 Å². The predicted octanol–water partition coefficient (Wildman–Crippen LogP) is 3.24. The van der Waals surface area contributed by atoms with Crippen molar-refractivity contribution in [2.45, 2.75) is 24.9 Å². The molecule has 0 bridgehead atoms. The van der Waals surface area contributed by atoms with Gasteiger partial charge in [0.25, 0.3) is 15.8 Å². The number of nitrogens with zero attached hydrogens (tertiary/aromatic N) is 2. The number of aryl methyl sites for hydroxylation is 3. The van der Waals surface area contributed by atoms with Gasteiger partial charge in [0.2, 0.25) is 0 Å². The standard InChI is InChI=1S/C14H13ClF3N3O3S/c1-7-4-5-10(9(6-7)12(22)14(16,17)18)20-25(23,24)11-8(2)19-21(3)13(11)15/h4-6,20H,1-3H3. The van der Waals surface area contributed by atoms with Crippen LogP contribution in [0.5, 0.6) is 0 Å². The Morgan fingerprint density at radius 3 is 2.36 bits per heavy atom. The fourth-order valence-corrected chi connectivity index (χ4v) is 4.03. The highest BCUT2D eigenvalue weighted by molar-refractivity contribution is 7.92. The molecule has 0 saturated carbocycles. The summed E-state index contributed by atoms with van der Waals surface area (Å²) in [5.74, 6) is -2.15. The first-order valence-electron chi connectivity index (χ1n) is 6.78. The molecule has 2 rings (SSSR count). The van der Waals surface area contributed by atoms with Crippen molar-refractivity contribution in [1.82, 2.24) is 9.78 Å². The maximum atomic E-state index is 12.8. The molecule has 2 aromatic rings. The molecule has 0 aliphatic rings. The average Bonchev–Trinajstić information content (AvgIpc) is 2.72. The van der Waals surface area contributed by atoms with Gasteiger partial charge in [-0.3, -0.25) is 14.2 Å². The van der Waals surface area contributed by atoms with Crippen molar-refractivity contribution in [2.75, 3.05) is 4.72 Å². The normalized spacial score (nSPS) is 12.3. The average molecular weight is 396 g/mol. The third-order valence-corrected chi connectivity index (χ3v) is 5.35. The quantitative estimate of drug-likeness (QED) is 0.806. The Hall–Kier alpha value is -2.07. The van der Waals surface area contributed by atoms with E-state index in [4.69, 9.17) is 11.6 Å². The highest BCUT2D eigenvalue weighted by atomic mass is 35.5. The van der Waals surface area contributed by atoms with E-state index in [0.717, 1.165) is 16.8 Å². The molecular weight excluding hydrogens is 383 g/mol. The van der Waals surface area contributed by atoms with Crippen LogP contribution < -0.4 is 4.72 Å². The van der Waals surface area contributed by atoms with Gasteiger partial charge in [0.1, 0.15) is 10.0 Å². The maximum Gasteiger partial charge on any atom is 0.454 e. The molecule has 6 nitrogen and oxygen atoms in total. The smallest absolute Gasteiger partial charge is 0.284 e. The van der Waals surface area contributed by atoms with Crippen LogP contribution in [0.3, 0.4) is 0 Å². The second-order valence-electron chi connectivity index (χ2n) is 5.31.